The predicted octanol–water partition coefficient (Wildman–Crippen LogP) is 14.2. The third-order valence-electron chi connectivity index (χ3n) is 12.5. The molecule has 294 valence electrons. The van der Waals surface area contributed by atoms with E-state index in [4.69, 9.17) is 15.0 Å². The molecule has 0 fully saturated rings. The van der Waals surface area contributed by atoms with Crippen LogP contribution >= 0.6 is 0 Å². The first-order chi connectivity index (χ1) is 31.3. The number of hydrogen-bond acceptors (Lipinski definition) is 3. The van der Waals surface area contributed by atoms with Crippen molar-refractivity contribution in [2.24, 2.45) is 0 Å². The Morgan fingerprint density at radius 3 is 1.05 bits per heavy atom. The number of nitrogens with zero attached hydrogens (tertiary/aromatic N) is 6. The Bertz CT molecular complexity index is 3700. The Morgan fingerprint density at radius 2 is 0.651 bits per heavy atom. The Kier molecular flexibility index (Phi) is 7.80. The molecule has 5 heterocycles. The van der Waals surface area contributed by atoms with Crippen molar-refractivity contribution in [2.45, 2.75) is 0 Å². The normalized spacial score (nSPS) is 11.8. The maximum atomic E-state index is 5.67. The molecule has 0 aliphatic carbocycles. The molecule has 0 saturated heterocycles. The van der Waals surface area contributed by atoms with Crippen LogP contribution in [0.4, 0.5) is 0 Å². The molecule has 8 aromatic carbocycles. The fraction of sp³-hybridized carbons (Fsp3) is 0. The molecule has 0 aliphatic heterocycles. The average Bonchev–Trinajstić information content (AvgIpc) is 4.00. The van der Waals surface area contributed by atoms with Crippen LogP contribution < -0.4 is 0 Å². The number of hydrogen-bond donors (Lipinski definition) is 0. The molecule has 0 saturated carbocycles. The van der Waals surface area contributed by atoms with Crippen molar-refractivity contribution in [1.82, 2.24) is 28.7 Å². The van der Waals surface area contributed by atoms with Crippen LogP contribution in [0.3, 0.4) is 0 Å². The summed E-state index contributed by atoms with van der Waals surface area (Å²) >= 11 is 0. The van der Waals surface area contributed by atoms with Crippen LogP contribution in [0.5, 0.6) is 0 Å². The van der Waals surface area contributed by atoms with Crippen molar-refractivity contribution in [3.05, 3.63) is 219 Å². The summed E-state index contributed by atoms with van der Waals surface area (Å²) in [6.45, 7) is 0. The minimum absolute atomic E-state index is 0.591. The average molecular weight is 805 g/mol. The lowest BCUT2D eigenvalue weighted by molar-refractivity contribution is 1.00. The lowest BCUT2D eigenvalue weighted by Gasteiger charge is -2.23. The summed E-state index contributed by atoms with van der Waals surface area (Å²) in [6, 6.07) is 74.9. The summed E-state index contributed by atoms with van der Waals surface area (Å²) in [5.41, 5.74) is 12.7. The molecule has 6 heteroatoms. The van der Waals surface area contributed by atoms with E-state index < -0.39 is 0 Å². The summed E-state index contributed by atoms with van der Waals surface area (Å²) in [7, 11) is 0. The molecule has 0 aliphatic rings. The largest absolute Gasteiger partial charge is 0.307 e. The van der Waals surface area contributed by atoms with Crippen molar-refractivity contribution in [2.75, 3.05) is 0 Å². The van der Waals surface area contributed by atoms with Gasteiger partial charge in [0.2, 0.25) is 0 Å². The lowest BCUT2D eigenvalue weighted by atomic mass is 10.0. The highest BCUT2D eigenvalue weighted by Gasteiger charge is 2.29. The number of rotatable bonds is 6. The molecule has 0 unspecified atom stereocenters. The molecule has 5 aromatic heterocycles. The summed E-state index contributed by atoms with van der Waals surface area (Å²) in [5.74, 6) is 1.36. The summed E-state index contributed by atoms with van der Waals surface area (Å²) in [6.07, 6.45) is 2.05. The highest BCUT2D eigenvalue weighted by atomic mass is 15.1. The highest BCUT2D eigenvalue weighted by molar-refractivity contribution is 6.13. The summed E-state index contributed by atoms with van der Waals surface area (Å²) < 4.78 is 7.10. The number of para-hydroxylation sites is 6. The van der Waals surface area contributed by atoms with Gasteiger partial charge in [-0.15, -0.1) is 0 Å². The van der Waals surface area contributed by atoms with E-state index in [9.17, 15) is 0 Å². The van der Waals surface area contributed by atoms with E-state index in [1.165, 1.54) is 0 Å². The van der Waals surface area contributed by atoms with Crippen LogP contribution in [-0.4, -0.2) is 28.7 Å². The van der Waals surface area contributed by atoms with E-state index in [0.29, 0.717) is 5.82 Å². The fourth-order valence-electron chi connectivity index (χ4n) is 9.82. The number of fused-ring (bicyclic) bond motifs is 9. The standard InChI is InChI=1S/C57H36N6/c1-3-19-37(20-4-1)45-35-46(38-21-5-2-6-22-38)60-56(59-45)54-53(61-47-29-13-7-23-39(47)40-24-8-14-30-48(40)61)36-58-57(63-51-33-17-11-27-43(51)44-28-12-18-34-52(44)63)55(54)62-49-31-15-9-25-41(49)42-26-10-16-32-50(42)62/h1-36H. The summed E-state index contributed by atoms with van der Waals surface area (Å²) in [4.78, 5) is 16.9. The first-order valence-electron chi connectivity index (χ1n) is 21.3. The molecule has 0 radical (unpaired) electrons. The zero-order valence-electron chi connectivity index (χ0n) is 34.0. The van der Waals surface area contributed by atoms with Gasteiger partial charge in [0.15, 0.2) is 11.6 Å². The first-order valence-corrected chi connectivity index (χ1v) is 21.3. The molecule has 63 heavy (non-hydrogen) atoms. The predicted molar refractivity (Wildman–Crippen MR) is 259 cm³/mol. The second kappa shape index (κ2) is 14.0. The van der Waals surface area contributed by atoms with Gasteiger partial charge in [-0.25, -0.2) is 15.0 Å². The second-order valence-electron chi connectivity index (χ2n) is 16.0. The van der Waals surface area contributed by atoms with Crippen LogP contribution in [0, 0.1) is 0 Å². The first kappa shape index (κ1) is 35.2. The molecule has 13 rings (SSSR count). The molecule has 0 bridgehead atoms. The van der Waals surface area contributed by atoms with Gasteiger partial charge in [-0.3, -0.25) is 4.57 Å². The number of pyridine rings is 1. The molecule has 0 amide bonds. The summed E-state index contributed by atoms with van der Waals surface area (Å²) in [5, 5.41) is 6.94. The zero-order valence-corrected chi connectivity index (χ0v) is 34.0. The van der Waals surface area contributed by atoms with Crippen molar-refractivity contribution < 1.29 is 0 Å². The Balaban J connectivity index is 1.29. The van der Waals surface area contributed by atoms with Crippen LogP contribution in [0.2, 0.25) is 0 Å². The van der Waals surface area contributed by atoms with Crippen molar-refractivity contribution in [3.8, 4) is 51.1 Å². The van der Waals surface area contributed by atoms with Crippen LogP contribution in [0.15, 0.2) is 219 Å². The molecular weight excluding hydrogens is 769 g/mol. The number of benzene rings is 8. The maximum absolute atomic E-state index is 5.67. The van der Waals surface area contributed by atoms with Gasteiger partial charge in [0.1, 0.15) is 5.69 Å². The van der Waals surface area contributed by atoms with E-state index in [1.807, 2.05) is 18.3 Å². The molecule has 0 N–H and O–H groups in total. The third kappa shape index (κ3) is 5.35. The maximum Gasteiger partial charge on any atom is 0.164 e. The van der Waals surface area contributed by atoms with E-state index in [0.717, 1.165) is 111 Å². The van der Waals surface area contributed by atoms with Gasteiger partial charge in [0, 0.05) is 43.4 Å². The molecule has 6 nitrogen and oxygen atoms in total. The SMILES string of the molecule is c1ccc(-c2cc(-c3ccccc3)nc(-c3c(-n4c5ccccc5c5ccccc54)cnc(-n4c5ccccc5c5ccccc54)c3-n3c4ccccc4c4ccccc43)n2)cc1. The van der Waals surface area contributed by atoms with Gasteiger partial charge in [-0.1, -0.05) is 170 Å². The van der Waals surface area contributed by atoms with Gasteiger partial charge < -0.3 is 9.13 Å². The topological polar surface area (TPSA) is 53.5 Å². The van der Waals surface area contributed by atoms with Gasteiger partial charge in [-0.2, -0.15) is 0 Å². The Labute approximate surface area is 362 Å². The lowest BCUT2D eigenvalue weighted by Crippen LogP contribution is -2.12. The Morgan fingerprint density at radius 1 is 0.317 bits per heavy atom. The van der Waals surface area contributed by atoms with Gasteiger partial charge in [0.05, 0.1) is 61.9 Å². The van der Waals surface area contributed by atoms with Crippen molar-refractivity contribution >= 4 is 65.4 Å². The van der Waals surface area contributed by atoms with Crippen molar-refractivity contribution in [1.29, 1.82) is 0 Å². The van der Waals surface area contributed by atoms with Crippen LogP contribution in [0.25, 0.3) is 117 Å². The van der Waals surface area contributed by atoms with Gasteiger partial charge in [-0.05, 0) is 42.5 Å². The number of aromatic nitrogens is 6. The molecular formula is C57H36N6. The molecule has 13 aromatic rings. The Hall–Kier alpha value is -8.61. The smallest absolute Gasteiger partial charge is 0.164 e. The van der Waals surface area contributed by atoms with Crippen molar-refractivity contribution in [3.63, 3.8) is 0 Å². The minimum atomic E-state index is 0.591. The van der Waals surface area contributed by atoms with E-state index in [-0.39, 0.29) is 0 Å². The van der Waals surface area contributed by atoms with Crippen LogP contribution in [0.1, 0.15) is 0 Å². The van der Waals surface area contributed by atoms with Gasteiger partial charge in [0.25, 0.3) is 0 Å². The second-order valence-corrected chi connectivity index (χ2v) is 16.0. The highest BCUT2D eigenvalue weighted by Crippen LogP contribution is 2.45. The fourth-order valence-corrected chi connectivity index (χ4v) is 9.82. The monoisotopic (exact) mass is 804 g/mol. The van der Waals surface area contributed by atoms with Gasteiger partial charge >= 0.3 is 0 Å². The van der Waals surface area contributed by atoms with E-state index in [1.54, 1.807) is 0 Å². The van der Waals surface area contributed by atoms with Crippen LogP contribution in [-0.2, 0) is 0 Å². The molecule has 0 spiro atoms. The van der Waals surface area contributed by atoms with E-state index >= 15 is 0 Å². The zero-order chi connectivity index (χ0) is 41.4. The van der Waals surface area contributed by atoms with E-state index in [2.05, 4.69) is 214 Å². The quantitative estimate of drug-likeness (QED) is 0.168. The molecule has 0 atom stereocenters. The minimum Gasteiger partial charge on any atom is -0.307 e. The third-order valence-corrected chi connectivity index (χ3v) is 12.5.